The van der Waals surface area contributed by atoms with Crippen LogP contribution in [-0.4, -0.2) is 38.9 Å². The summed E-state index contributed by atoms with van der Waals surface area (Å²) in [7, 11) is 0. The molecule has 1 aromatic rings. The van der Waals surface area contributed by atoms with Gasteiger partial charge in [0.25, 0.3) is 0 Å². The molecule has 1 saturated heterocycles. The molecule has 2 aliphatic rings. The quantitative estimate of drug-likeness (QED) is 0.765. The number of anilines is 1. The molecule has 1 fully saturated rings. The summed E-state index contributed by atoms with van der Waals surface area (Å²) < 4.78 is 29.0. The van der Waals surface area contributed by atoms with Gasteiger partial charge in [0.2, 0.25) is 0 Å². The third-order valence-corrected chi connectivity index (χ3v) is 4.65. The number of para-hydroxylation sites is 1. The molecule has 0 aromatic heterocycles. The average molecular weight is 281 g/mol. The second-order valence-corrected chi connectivity index (χ2v) is 5.90. The van der Waals surface area contributed by atoms with E-state index in [9.17, 15) is 8.76 Å². The first-order valence-electron chi connectivity index (χ1n) is 6.52. The topological polar surface area (TPSA) is 55.8 Å². The number of fused-ring (bicyclic) bond motifs is 1. The van der Waals surface area contributed by atoms with Crippen LogP contribution >= 0.6 is 0 Å². The predicted octanol–water partition coefficient (Wildman–Crippen LogP) is 1.24. The number of hydrogen-bond acceptors (Lipinski definition) is 4. The van der Waals surface area contributed by atoms with Crippen LogP contribution in [0.15, 0.2) is 24.3 Å². The molecule has 1 atom stereocenters. The van der Waals surface area contributed by atoms with Crippen LogP contribution < -0.4 is 4.90 Å². The highest BCUT2D eigenvalue weighted by Crippen LogP contribution is 2.30. The minimum atomic E-state index is -2.08. The first-order valence-corrected chi connectivity index (χ1v) is 7.55. The molecule has 6 heteroatoms. The zero-order chi connectivity index (χ0) is 13.2. The molecule has 0 spiro atoms. The van der Waals surface area contributed by atoms with Crippen LogP contribution in [0.4, 0.5) is 5.69 Å². The van der Waals surface area contributed by atoms with Crippen LogP contribution in [0, 0.1) is 0 Å². The Morgan fingerprint density at radius 2 is 2.00 bits per heavy atom. The highest BCUT2D eigenvalue weighted by atomic mass is 32.2. The zero-order valence-electron chi connectivity index (χ0n) is 10.7. The van der Waals surface area contributed by atoms with Crippen LogP contribution in [0.1, 0.15) is 18.4 Å². The first-order chi connectivity index (χ1) is 9.25. The number of benzene rings is 1. The van der Waals surface area contributed by atoms with E-state index in [1.807, 2.05) is 12.1 Å². The fourth-order valence-corrected chi connectivity index (χ4v) is 3.35. The zero-order valence-corrected chi connectivity index (χ0v) is 11.5. The summed E-state index contributed by atoms with van der Waals surface area (Å²) in [5.74, 6) is 0. The lowest BCUT2D eigenvalue weighted by Crippen LogP contribution is -2.47. The molecule has 0 amide bonds. The predicted molar refractivity (Wildman–Crippen MR) is 72.1 cm³/mol. The van der Waals surface area contributed by atoms with Crippen LogP contribution in [0.5, 0.6) is 0 Å². The number of ether oxygens (including phenoxy) is 1. The molecule has 2 heterocycles. The molecule has 0 saturated carbocycles. The van der Waals surface area contributed by atoms with Gasteiger partial charge in [-0.2, -0.15) is 0 Å². The smallest absolute Gasteiger partial charge is 0.119 e. The number of rotatable bonds is 2. The monoisotopic (exact) mass is 281 g/mol. The molecule has 0 bridgehead atoms. The fraction of sp³-hybridized carbons (Fsp3) is 0.538. The summed E-state index contributed by atoms with van der Waals surface area (Å²) in [6.07, 6.45) is 1.71. The summed E-state index contributed by atoms with van der Waals surface area (Å²) in [6, 6.07) is 8.63. The van der Waals surface area contributed by atoms with E-state index in [1.54, 1.807) is 0 Å². The Labute approximate surface area is 115 Å². The summed E-state index contributed by atoms with van der Waals surface area (Å²) >= 11 is -2.08. The van der Waals surface area contributed by atoms with Gasteiger partial charge in [0.15, 0.2) is 0 Å². The van der Waals surface area contributed by atoms with Gasteiger partial charge in [0, 0.05) is 41.6 Å². The Hall–Kier alpha value is -0.950. The summed E-state index contributed by atoms with van der Waals surface area (Å²) in [5.41, 5.74) is 2.44. The average Bonchev–Trinajstić information content (AvgIpc) is 2.47. The van der Waals surface area contributed by atoms with E-state index in [0.717, 1.165) is 12.8 Å². The molecular formula is C13H17N2O3S-. The maximum absolute atomic E-state index is 10.9. The Morgan fingerprint density at radius 3 is 2.74 bits per heavy atom. The van der Waals surface area contributed by atoms with E-state index < -0.39 is 11.3 Å². The van der Waals surface area contributed by atoms with Crippen LogP contribution in [0.25, 0.3) is 0 Å². The van der Waals surface area contributed by atoms with Crippen molar-refractivity contribution in [2.45, 2.75) is 25.5 Å². The Kier molecular flexibility index (Phi) is 3.83. The van der Waals surface area contributed by atoms with Crippen LogP contribution in [-0.2, 0) is 22.6 Å². The first kappa shape index (κ1) is 13.1. The molecule has 0 N–H and O–H groups in total. The molecule has 1 unspecified atom stereocenters. The molecule has 0 aliphatic carbocycles. The molecule has 2 aliphatic heterocycles. The lowest BCUT2D eigenvalue weighted by molar-refractivity contribution is 0.0987. The van der Waals surface area contributed by atoms with Gasteiger partial charge in [-0.1, -0.05) is 18.2 Å². The second kappa shape index (κ2) is 5.58. The normalized spacial score (nSPS) is 23.1. The Morgan fingerprint density at radius 1 is 1.26 bits per heavy atom. The molecule has 3 rings (SSSR count). The maximum atomic E-state index is 10.9. The van der Waals surface area contributed by atoms with E-state index in [0.29, 0.717) is 32.5 Å². The van der Waals surface area contributed by atoms with E-state index in [4.69, 9.17) is 4.74 Å². The van der Waals surface area contributed by atoms with Gasteiger partial charge < -0.3 is 14.2 Å². The van der Waals surface area contributed by atoms with Gasteiger partial charge in [-0.3, -0.25) is 4.21 Å². The third-order valence-electron chi connectivity index (χ3n) is 3.86. The van der Waals surface area contributed by atoms with Crippen molar-refractivity contribution in [2.75, 3.05) is 24.7 Å². The lowest BCUT2D eigenvalue weighted by atomic mass is 10.0. The summed E-state index contributed by atoms with van der Waals surface area (Å²) in [6.45, 7) is 2.46. The molecule has 5 nitrogen and oxygen atoms in total. The van der Waals surface area contributed by atoms with Crippen molar-refractivity contribution in [1.29, 1.82) is 0 Å². The summed E-state index contributed by atoms with van der Waals surface area (Å²) in [4.78, 5) is 2.27. The SMILES string of the molecule is O=S([O-])N1CCC(N2COCc3ccccc32)CC1. The number of hydrogen-bond donors (Lipinski definition) is 0. The van der Waals surface area contributed by atoms with Crippen molar-refractivity contribution in [3.05, 3.63) is 29.8 Å². The molecular weight excluding hydrogens is 264 g/mol. The van der Waals surface area contributed by atoms with E-state index in [1.165, 1.54) is 15.6 Å². The Bertz CT molecular complexity index is 475. The Balaban J connectivity index is 1.73. The van der Waals surface area contributed by atoms with Gasteiger partial charge >= 0.3 is 0 Å². The summed E-state index contributed by atoms with van der Waals surface area (Å²) in [5, 5.41) is 0. The van der Waals surface area contributed by atoms with Crippen LogP contribution in [0.3, 0.4) is 0 Å². The lowest BCUT2D eigenvalue weighted by Gasteiger charge is -2.42. The highest BCUT2D eigenvalue weighted by Gasteiger charge is 2.28. The standard InChI is InChI=1S/C13H18N2O3S/c16-19(17)14-7-5-12(6-8-14)15-10-18-9-11-3-1-2-4-13(11)15/h1-4,12H,5-10H2,(H,16,17)/p-1. The van der Waals surface area contributed by atoms with Crippen molar-refractivity contribution in [2.24, 2.45) is 0 Å². The molecule has 19 heavy (non-hydrogen) atoms. The molecule has 1 aromatic carbocycles. The maximum Gasteiger partial charge on any atom is 0.119 e. The molecule has 0 radical (unpaired) electrons. The van der Waals surface area contributed by atoms with Crippen molar-refractivity contribution < 1.29 is 13.5 Å². The van der Waals surface area contributed by atoms with Crippen molar-refractivity contribution in [1.82, 2.24) is 4.31 Å². The van der Waals surface area contributed by atoms with E-state index in [-0.39, 0.29) is 0 Å². The fourth-order valence-electron chi connectivity index (χ4n) is 2.84. The minimum absolute atomic E-state index is 0.362. The second-order valence-electron chi connectivity index (χ2n) is 4.95. The third kappa shape index (κ3) is 2.67. The van der Waals surface area contributed by atoms with Gasteiger partial charge in [-0.25, -0.2) is 4.31 Å². The van der Waals surface area contributed by atoms with Gasteiger partial charge in [-0.05, 0) is 18.9 Å². The van der Waals surface area contributed by atoms with Gasteiger partial charge in [0.05, 0.1) is 6.61 Å². The van der Waals surface area contributed by atoms with Crippen LogP contribution in [0.2, 0.25) is 0 Å². The highest BCUT2D eigenvalue weighted by molar-refractivity contribution is 7.76. The van der Waals surface area contributed by atoms with Crippen molar-refractivity contribution >= 4 is 17.0 Å². The van der Waals surface area contributed by atoms with Gasteiger partial charge in [0.1, 0.15) is 6.73 Å². The molecule has 104 valence electrons. The van der Waals surface area contributed by atoms with E-state index in [2.05, 4.69) is 17.0 Å². The van der Waals surface area contributed by atoms with Crippen molar-refractivity contribution in [3.8, 4) is 0 Å². The number of nitrogens with zero attached hydrogens (tertiary/aromatic N) is 2. The minimum Gasteiger partial charge on any atom is -0.760 e. The largest absolute Gasteiger partial charge is 0.760 e. The van der Waals surface area contributed by atoms with Gasteiger partial charge in [-0.15, -0.1) is 0 Å². The number of piperidine rings is 1. The van der Waals surface area contributed by atoms with E-state index >= 15 is 0 Å². The van der Waals surface area contributed by atoms with Crippen molar-refractivity contribution in [3.63, 3.8) is 0 Å².